The van der Waals surface area contributed by atoms with Crippen molar-refractivity contribution in [2.75, 3.05) is 0 Å². The van der Waals surface area contributed by atoms with Crippen molar-refractivity contribution < 1.29 is 0 Å². The van der Waals surface area contributed by atoms with Crippen molar-refractivity contribution in [3.05, 3.63) is 126 Å². The van der Waals surface area contributed by atoms with Crippen LogP contribution in [0.2, 0.25) is 0 Å². The van der Waals surface area contributed by atoms with Crippen LogP contribution in [0.3, 0.4) is 0 Å². The number of benzene rings is 7. The number of hydrogen-bond acceptors (Lipinski definition) is 0. The Morgan fingerprint density at radius 1 is 0.464 bits per heavy atom. The van der Waals surface area contributed by atoms with Crippen LogP contribution in [0.4, 0.5) is 0 Å². The van der Waals surface area contributed by atoms with E-state index in [-0.39, 0.29) is 49.1 Å². The molecule has 16 radical (unpaired) electrons. The van der Waals surface area contributed by atoms with E-state index in [1.54, 1.807) is 0 Å². The van der Waals surface area contributed by atoms with Gasteiger partial charge >= 0.3 is 0 Å². The van der Waals surface area contributed by atoms with Crippen molar-refractivity contribution in [3.8, 4) is 44.5 Å². The lowest BCUT2D eigenvalue weighted by Gasteiger charge is -2.30. The largest absolute Gasteiger partial charge is 0.113 e. The topological polar surface area (TPSA) is 0 Å². The predicted octanol–water partition coefficient (Wildman–Crippen LogP) is 3.65. The highest BCUT2D eigenvalue weighted by Crippen LogP contribution is 2.53. The first-order valence-corrected chi connectivity index (χ1v) is 18.9. The Bertz CT molecular complexity index is 2800. The standard InChI is InChI=1S/C48H30B8/c1-23-9-7-14-31-30-20-19-28(22-32(30)48(2,3)39(23)31)27-12-8-13-29(21-27)34-37-35(40(49)44(53)46(55)42(37)51)33(36-38(34)43(52)47(56)45(54)41(36)50)26-17-15-25(16-18-26)24-10-5-4-6-11-24/h4-8,10-23H,9H2,1-3H3. The molecule has 8 heteroatoms. The number of rotatable bonds is 4. The zero-order chi connectivity index (χ0) is 39.4. The summed E-state index contributed by atoms with van der Waals surface area (Å²) in [5.74, 6) is 0.481. The Hall–Kier alpha value is -4.94. The van der Waals surface area contributed by atoms with E-state index in [4.69, 9.17) is 62.8 Å². The average Bonchev–Trinajstić information content (AvgIpc) is 3.45. The van der Waals surface area contributed by atoms with Crippen LogP contribution in [0.1, 0.15) is 38.3 Å². The van der Waals surface area contributed by atoms with Gasteiger partial charge in [-0.1, -0.05) is 140 Å². The van der Waals surface area contributed by atoms with Crippen LogP contribution in [-0.2, 0) is 5.41 Å². The summed E-state index contributed by atoms with van der Waals surface area (Å²) >= 11 is 0. The maximum absolute atomic E-state index is 7.03. The summed E-state index contributed by atoms with van der Waals surface area (Å²) in [6.45, 7) is 7.01. The zero-order valence-corrected chi connectivity index (χ0v) is 31.8. The summed E-state index contributed by atoms with van der Waals surface area (Å²) in [5, 5.41) is 2.40. The van der Waals surface area contributed by atoms with Gasteiger partial charge in [-0.3, -0.25) is 0 Å². The molecule has 0 spiro atoms. The van der Waals surface area contributed by atoms with Gasteiger partial charge in [0.1, 0.15) is 62.8 Å². The molecule has 0 bridgehead atoms. The second-order valence-electron chi connectivity index (χ2n) is 15.8. The molecule has 0 N–H and O–H groups in total. The van der Waals surface area contributed by atoms with E-state index in [1.807, 2.05) is 42.5 Å². The van der Waals surface area contributed by atoms with E-state index in [0.29, 0.717) is 38.6 Å². The lowest BCUT2D eigenvalue weighted by Crippen LogP contribution is -2.50. The Labute approximate surface area is 340 Å². The van der Waals surface area contributed by atoms with Crippen molar-refractivity contribution in [3.63, 3.8) is 0 Å². The van der Waals surface area contributed by atoms with Crippen LogP contribution in [0.5, 0.6) is 0 Å². The molecule has 0 heterocycles. The predicted molar refractivity (Wildman–Crippen MR) is 249 cm³/mol. The maximum Gasteiger partial charge on any atom is 0.113 e. The van der Waals surface area contributed by atoms with E-state index in [9.17, 15) is 0 Å². The molecule has 9 rings (SSSR count). The first-order valence-electron chi connectivity index (χ1n) is 18.9. The third kappa shape index (κ3) is 5.31. The van der Waals surface area contributed by atoms with E-state index in [2.05, 4.69) is 87.5 Å². The smallest absolute Gasteiger partial charge is 0.110 e. The molecule has 0 aromatic heterocycles. The fraction of sp³-hybridized carbons (Fsp3) is 0.125. The fourth-order valence-corrected chi connectivity index (χ4v) is 9.51. The minimum absolute atomic E-state index is 0.100. The van der Waals surface area contributed by atoms with Crippen molar-refractivity contribution >= 4 is 134 Å². The molecule has 0 aliphatic heterocycles. The highest BCUT2D eigenvalue weighted by atomic mass is 14.4. The fourth-order valence-electron chi connectivity index (χ4n) is 9.51. The zero-order valence-electron chi connectivity index (χ0n) is 31.8. The quantitative estimate of drug-likeness (QED) is 0.195. The average molecular weight is 693 g/mol. The number of allylic oxidation sites excluding steroid dienone is 4. The molecule has 7 aromatic rings. The van der Waals surface area contributed by atoms with Crippen LogP contribution < -0.4 is 43.7 Å². The molecule has 2 aliphatic carbocycles. The summed E-state index contributed by atoms with van der Waals surface area (Å²) < 4.78 is 0. The van der Waals surface area contributed by atoms with Crippen molar-refractivity contribution in [1.29, 1.82) is 0 Å². The Morgan fingerprint density at radius 3 is 1.48 bits per heavy atom. The lowest BCUT2D eigenvalue weighted by molar-refractivity contribution is 0.530. The molecule has 0 nitrogen and oxygen atoms in total. The van der Waals surface area contributed by atoms with Crippen LogP contribution in [-0.4, -0.2) is 62.8 Å². The SMILES string of the molecule is [B]c1c([B])c([B])c2c(-c3cccc(-c4ccc5c(c4)C(C)(C)C4=C5C=CCC4C)c3)c3c([B])c([B])c([B])c([B])c3c(-c3ccc(-c4ccccc4)cc3)c2c1[B]. The minimum Gasteiger partial charge on any atom is -0.110 e. The Kier molecular flexibility index (Phi) is 8.73. The van der Waals surface area contributed by atoms with Crippen LogP contribution in [0, 0.1) is 5.92 Å². The van der Waals surface area contributed by atoms with Gasteiger partial charge < -0.3 is 0 Å². The normalized spacial score (nSPS) is 15.7. The molecule has 0 saturated heterocycles. The molecule has 56 heavy (non-hydrogen) atoms. The van der Waals surface area contributed by atoms with Gasteiger partial charge in [-0.15, -0.1) is 21.9 Å². The van der Waals surface area contributed by atoms with Gasteiger partial charge in [0.15, 0.2) is 0 Å². The third-order valence-corrected chi connectivity index (χ3v) is 12.3. The summed E-state index contributed by atoms with van der Waals surface area (Å²) in [6.07, 6.45) is 5.64. The van der Waals surface area contributed by atoms with Gasteiger partial charge in [0.05, 0.1) is 0 Å². The minimum atomic E-state index is -0.100. The van der Waals surface area contributed by atoms with Crippen LogP contribution in [0.15, 0.2) is 115 Å². The number of fused-ring (bicyclic) bond motifs is 4. The first kappa shape index (κ1) is 36.7. The second-order valence-corrected chi connectivity index (χ2v) is 15.8. The summed E-state index contributed by atoms with van der Waals surface area (Å²) in [4.78, 5) is 0. The van der Waals surface area contributed by atoms with Gasteiger partial charge in [-0.05, 0) is 113 Å². The summed E-state index contributed by atoms with van der Waals surface area (Å²) in [7, 11) is 54.6. The summed E-state index contributed by atoms with van der Waals surface area (Å²) in [5.41, 5.74) is 14.5. The highest BCUT2D eigenvalue weighted by molar-refractivity contribution is 6.71. The third-order valence-electron chi connectivity index (χ3n) is 12.3. The molecule has 0 saturated carbocycles. The molecule has 1 unspecified atom stereocenters. The van der Waals surface area contributed by atoms with Gasteiger partial charge in [0, 0.05) is 5.41 Å². The molecule has 2 aliphatic rings. The van der Waals surface area contributed by atoms with Crippen molar-refractivity contribution in [2.24, 2.45) is 5.92 Å². The van der Waals surface area contributed by atoms with Gasteiger partial charge in [0.2, 0.25) is 0 Å². The Morgan fingerprint density at radius 2 is 0.911 bits per heavy atom. The maximum atomic E-state index is 7.03. The lowest BCUT2D eigenvalue weighted by atomic mass is 9.59. The molecular formula is C48H30B8. The molecule has 246 valence electrons. The van der Waals surface area contributed by atoms with E-state index in [0.717, 1.165) is 39.8 Å². The molecule has 7 aromatic carbocycles. The Balaban J connectivity index is 1.34. The van der Waals surface area contributed by atoms with E-state index in [1.165, 1.54) is 22.3 Å². The number of hydrogen-bond donors (Lipinski definition) is 0. The van der Waals surface area contributed by atoms with Crippen molar-refractivity contribution in [2.45, 2.75) is 32.6 Å². The monoisotopic (exact) mass is 694 g/mol. The second kappa shape index (κ2) is 13.3. The molecule has 0 amide bonds. The van der Waals surface area contributed by atoms with Crippen molar-refractivity contribution in [1.82, 2.24) is 0 Å². The first-order chi connectivity index (χ1) is 26.8. The molecule has 1 atom stereocenters. The highest BCUT2D eigenvalue weighted by Gasteiger charge is 2.40. The van der Waals surface area contributed by atoms with Crippen LogP contribution >= 0.6 is 0 Å². The van der Waals surface area contributed by atoms with E-state index < -0.39 is 0 Å². The molecule has 0 fully saturated rings. The van der Waals surface area contributed by atoms with Gasteiger partial charge in [-0.25, -0.2) is 0 Å². The molecular weight excluding hydrogens is 663 g/mol. The summed E-state index contributed by atoms with van der Waals surface area (Å²) in [6, 6.07) is 33.4. The van der Waals surface area contributed by atoms with E-state index >= 15 is 0 Å². The van der Waals surface area contributed by atoms with Crippen LogP contribution in [0.25, 0.3) is 71.6 Å². The van der Waals surface area contributed by atoms with Gasteiger partial charge in [-0.2, -0.15) is 0 Å². The van der Waals surface area contributed by atoms with Gasteiger partial charge in [0.25, 0.3) is 0 Å².